The van der Waals surface area contributed by atoms with Gasteiger partial charge < -0.3 is 4.74 Å². The lowest BCUT2D eigenvalue weighted by atomic mass is 10.3. The van der Waals surface area contributed by atoms with Crippen LogP contribution in [-0.2, 0) is 19.1 Å². The first kappa shape index (κ1) is 11.4. The highest BCUT2D eigenvalue weighted by Gasteiger charge is 2.18. The number of carbonyl (C=O) groups excluding carboxylic acids is 3. The van der Waals surface area contributed by atoms with Gasteiger partial charge in [-0.2, -0.15) is 0 Å². The molecule has 0 saturated heterocycles. The summed E-state index contributed by atoms with van der Waals surface area (Å²) >= 11 is 10.1. The Morgan fingerprint density at radius 1 is 1.33 bits per heavy atom. The lowest BCUT2D eigenvalue weighted by molar-refractivity contribution is -0.158. The van der Waals surface area contributed by atoms with Crippen LogP contribution in [0.1, 0.15) is 13.3 Å². The van der Waals surface area contributed by atoms with Crippen molar-refractivity contribution in [2.24, 2.45) is 0 Å². The van der Waals surface area contributed by atoms with Crippen LogP contribution in [0.5, 0.6) is 0 Å². The molecule has 68 valence electrons. The maximum Gasteiger partial charge on any atom is 0.347 e. The summed E-state index contributed by atoms with van der Waals surface area (Å²) in [7, 11) is 0. The molecule has 0 N–H and O–H groups in total. The maximum absolute atomic E-state index is 10.6. The number of rotatable bonds is 3. The molecular formula is C6H6Cl2O4. The van der Waals surface area contributed by atoms with E-state index in [1.54, 1.807) is 0 Å². The minimum Gasteiger partial charge on any atom is -0.391 e. The van der Waals surface area contributed by atoms with Gasteiger partial charge in [0.1, 0.15) is 12.2 Å². The number of ether oxygens (including phenoxy) is 1. The van der Waals surface area contributed by atoms with Gasteiger partial charge in [0.15, 0.2) is 0 Å². The van der Waals surface area contributed by atoms with Crippen molar-refractivity contribution < 1.29 is 19.1 Å². The molecule has 0 fully saturated rings. The summed E-state index contributed by atoms with van der Waals surface area (Å²) in [5, 5.41) is 0. The molecule has 12 heavy (non-hydrogen) atoms. The lowest BCUT2D eigenvalue weighted by Gasteiger charge is -2.00. The third kappa shape index (κ3) is 5.09. The summed E-state index contributed by atoms with van der Waals surface area (Å²) in [5.41, 5.74) is 0. The normalized spacial score (nSPS) is 9.67. The van der Waals surface area contributed by atoms with Gasteiger partial charge in [0.25, 0.3) is 0 Å². The Labute approximate surface area is 78.8 Å². The van der Waals surface area contributed by atoms with E-state index in [1.807, 2.05) is 0 Å². The second-order valence-electron chi connectivity index (χ2n) is 1.97. The van der Waals surface area contributed by atoms with Crippen LogP contribution < -0.4 is 0 Å². The van der Waals surface area contributed by atoms with Crippen molar-refractivity contribution in [3.8, 4) is 0 Å². The van der Waals surface area contributed by atoms with E-state index in [0.717, 1.165) is 0 Å². The van der Waals surface area contributed by atoms with Gasteiger partial charge in [-0.05, 0) is 6.92 Å². The maximum atomic E-state index is 10.6. The van der Waals surface area contributed by atoms with Crippen LogP contribution in [0.4, 0.5) is 0 Å². The molecule has 0 aliphatic heterocycles. The van der Waals surface area contributed by atoms with Gasteiger partial charge >= 0.3 is 11.9 Å². The average molecular weight is 213 g/mol. The van der Waals surface area contributed by atoms with E-state index in [-0.39, 0.29) is 0 Å². The van der Waals surface area contributed by atoms with Crippen LogP contribution >= 0.6 is 23.2 Å². The molecule has 0 aromatic rings. The number of carbonyl (C=O) groups is 3. The summed E-state index contributed by atoms with van der Waals surface area (Å²) in [6.07, 6.45) is -0.452. The first-order chi connectivity index (χ1) is 5.43. The van der Waals surface area contributed by atoms with Crippen LogP contribution in [-0.4, -0.2) is 22.6 Å². The van der Waals surface area contributed by atoms with Crippen molar-refractivity contribution in [1.82, 2.24) is 0 Å². The minimum atomic E-state index is -1.40. The first-order valence-electron chi connectivity index (χ1n) is 2.95. The van der Waals surface area contributed by atoms with Crippen LogP contribution in [0.3, 0.4) is 0 Å². The lowest BCUT2D eigenvalue weighted by Crippen LogP contribution is -2.19. The molecule has 0 atom stereocenters. The molecule has 0 unspecified atom stereocenters. The second kappa shape index (κ2) is 5.11. The molecule has 0 amide bonds. The third-order valence-corrected chi connectivity index (χ3v) is 1.14. The van der Waals surface area contributed by atoms with Gasteiger partial charge in [-0.1, -0.05) is 23.2 Å². The fourth-order valence-electron chi connectivity index (χ4n) is 0.396. The van der Waals surface area contributed by atoms with E-state index >= 15 is 0 Å². The van der Waals surface area contributed by atoms with Gasteiger partial charge in [0.2, 0.25) is 4.84 Å². The average Bonchev–Trinajstić information content (AvgIpc) is 1.84. The van der Waals surface area contributed by atoms with Crippen molar-refractivity contribution in [3.05, 3.63) is 0 Å². The summed E-state index contributed by atoms with van der Waals surface area (Å²) in [5.74, 6) is -2.41. The Bertz CT molecular complexity index is 212. The highest BCUT2D eigenvalue weighted by atomic mass is 35.5. The minimum absolute atomic E-state index is 0.395. The predicted molar refractivity (Wildman–Crippen MR) is 41.9 cm³/mol. The molecule has 0 aromatic heterocycles. The molecule has 6 heteroatoms. The Morgan fingerprint density at radius 3 is 2.17 bits per heavy atom. The second-order valence-corrected chi connectivity index (χ2v) is 3.07. The number of hydrogen-bond acceptors (Lipinski definition) is 4. The van der Waals surface area contributed by atoms with E-state index < -0.39 is 29.0 Å². The fourth-order valence-corrected chi connectivity index (χ4v) is 0.485. The third-order valence-electron chi connectivity index (χ3n) is 0.786. The molecule has 0 bridgehead atoms. The topological polar surface area (TPSA) is 60.4 Å². The molecule has 0 radical (unpaired) electrons. The van der Waals surface area contributed by atoms with Crippen LogP contribution in [0, 0.1) is 0 Å². The highest BCUT2D eigenvalue weighted by Crippen LogP contribution is 2.04. The zero-order valence-corrected chi connectivity index (χ0v) is 7.69. The fraction of sp³-hybridized carbons (Fsp3) is 0.500. The Morgan fingerprint density at radius 2 is 1.83 bits per heavy atom. The zero-order chi connectivity index (χ0) is 9.72. The summed E-state index contributed by atoms with van der Waals surface area (Å²) < 4.78 is 4.06. The summed E-state index contributed by atoms with van der Waals surface area (Å²) in [6, 6.07) is 0. The van der Waals surface area contributed by atoms with Gasteiger partial charge in [0.05, 0.1) is 0 Å². The number of ketones is 1. The van der Waals surface area contributed by atoms with E-state index in [0.29, 0.717) is 0 Å². The molecule has 0 rings (SSSR count). The standard InChI is InChI=1S/C6H6Cl2O4/c1-3(9)2-4(10)12-6(11)5(7)8/h5H,2H2,1H3. The SMILES string of the molecule is CC(=O)CC(=O)OC(=O)C(Cl)Cl. The van der Waals surface area contributed by atoms with Crippen molar-refractivity contribution in [2.45, 2.75) is 18.2 Å². The Kier molecular flexibility index (Phi) is 4.85. The molecule has 0 aromatic carbocycles. The van der Waals surface area contributed by atoms with E-state index in [1.165, 1.54) is 6.92 Å². The number of hydrogen-bond donors (Lipinski definition) is 0. The van der Waals surface area contributed by atoms with E-state index in [4.69, 9.17) is 23.2 Å². The molecule has 0 aliphatic carbocycles. The van der Waals surface area contributed by atoms with Gasteiger partial charge in [-0.25, -0.2) is 4.79 Å². The Balaban J connectivity index is 3.85. The molecule has 0 aliphatic rings. The van der Waals surface area contributed by atoms with Crippen molar-refractivity contribution >= 4 is 40.9 Å². The highest BCUT2D eigenvalue weighted by molar-refractivity contribution is 6.53. The van der Waals surface area contributed by atoms with Crippen molar-refractivity contribution in [3.63, 3.8) is 0 Å². The summed E-state index contributed by atoms with van der Waals surface area (Å²) in [4.78, 5) is 30.0. The van der Waals surface area contributed by atoms with E-state index in [2.05, 4.69) is 4.74 Å². The van der Waals surface area contributed by atoms with Gasteiger partial charge in [-0.3, -0.25) is 9.59 Å². The summed E-state index contributed by atoms with van der Waals surface area (Å²) in [6.45, 7) is 1.20. The van der Waals surface area contributed by atoms with Crippen LogP contribution in [0.25, 0.3) is 0 Å². The zero-order valence-electron chi connectivity index (χ0n) is 6.17. The quantitative estimate of drug-likeness (QED) is 0.396. The number of halogens is 2. The number of alkyl halides is 2. The van der Waals surface area contributed by atoms with Crippen LogP contribution in [0.2, 0.25) is 0 Å². The first-order valence-corrected chi connectivity index (χ1v) is 3.83. The largest absolute Gasteiger partial charge is 0.391 e. The van der Waals surface area contributed by atoms with Crippen molar-refractivity contribution in [1.29, 1.82) is 0 Å². The molecule has 0 heterocycles. The molecular weight excluding hydrogens is 207 g/mol. The monoisotopic (exact) mass is 212 g/mol. The van der Waals surface area contributed by atoms with Crippen LogP contribution in [0.15, 0.2) is 0 Å². The van der Waals surface area contributed by atoms with Gasteiger partial charge in [-0.15, -0.1) is 0 Å². The Hall–Kier alpha value is -0.610. The number of esters is 2. The molecule has 0 saturated carbocycles. The molecule has 0 spiro atoms. The smallest absolute Gasteiger partial charge is 0.347 e. The number of Topliss-reactive ketones (excluding diaryl/α,β-unsaturated/α-hetero) is 1. The molecule has 4 nitrogen and oxygen atoms in total. The van der Waals surface area contributed by atoms with Gasteiger partial charge in [0, 0.05) is 0 Å². The predicted octanol–water partition coefficient (Wildman–Crippen LogP) is 0.839. The van der Waals surface area contributed by atoms with Crippen molar-refractivity contribution in [2.75, 3.05) is 0 Å². The van der Waals surface area contributed by atoms with E-state index in [9.17, 15) is 14.4 Å².